The van der Waals surface area contributed by atoms with Gasteiger partial charge in [0.05, 0.1) is 10.5 Å². The topological polar surface area (TPSA) is 28.7 Å². The van der Waals surface area contributed by atoms with Gasteiger partial charge in [0.2, 0.25) is 0 Å². The summed E-state index contributed by atoms with van der Waals surface area (Å²) in [6, 6.07) is 7.32. The number of H-pyrrole nitrogens is 1. The van der Waals surface area contributed by atoms with E-state index in [9.17, 15) is 8.78 Å². The quantitative estimate of drug-likeness (QED) is 0.667. The van der Waals surface area contributed by atoms with E-state index < -0.39 is 11.6 Å². The van der Waals surface area contributed by atoms with E-state index in [1.807, 2.05) is 0 Å². The van der Waals surface area contributed by atoms with Crippen molar-refractivity contribution >= 4 is 38.6 Å². The molecule has 0 saturated carbocycles. The molecule has 0 atom stereocenters. The van der Waals surface area contributed by atoms with Gasteiger partial charge in [0.25, 0.3) is 0 Å². The number of halogens is 4. The zero-order valence-electron chi connectivity index (χ0n) is 9.35. The molecule has 0 aliphatic rings. The Morgan fingerprint density at radius 1 is 1.21 bits per heavy atom. The van der Waals surface area contributed by atoms with Crippen LogP contribution in [-0.2, 0) is 0 Å². The van der Waals surface area contributed by atoms with E-state index in [1.54, 1.807) is 18.2 Å². The summed E-state index contributed by atoms with van der Waals surface area (Å²) in [5, 5.41) is 0.461. The first-order valence-electron chi connectivity index (χ1n) is 5.35. The van der Waals surface area contributed by atoms with Crippen LogP contribution in [0.4, 0.5) is 8.78 Å². The minimum atomic E-state index is -0.705. The van der Waals surface area contributed by atoms with Crippen molar-refractivity contribution in [2.75, 3.05) is 0 Å². The third kappa shape index (κ3) is 2.13. The molecule has 0 bridgehead atoms. The number of imidazole rings is 1. The summed E-state index contributed by atoms with van der Waals surface area (Å²) in [7, 11) is 0. The van der Waals surface area contributed by atoms with Gasteiger partial charge in [-0.3, -0.25) is 0 Å². The fourth-order valence-electron chi connectivity index (χ4n) is 1.86. The van der Waals surface area contributed by atoms with Gasteiger partial charge in [0.1, 0.15) is 17.2 Å². The number of aromatic amines is 1. The van der Waals surface area contributed by atoms with Crippen molar-refractivity contribution in [2.45, 2.75) is 0 Å². The van der Waals surface area contributed by atoms with Gasteiger partial charge in [0, 0.05) is 16.1 Å². The minimum absolute atomic E-state index is 0.0902. The molecule has 0 radical (unpaired) electrons. The summed E-state index contributed by atoms with van der Waals surface area (Å²) >= 11 is 9.46. The van der Waals surface area contributed by atoms with E-state index in [0.29, 0.717) is 26.4 Å². The van der Waals surface area contributed by atoms with E-state index in [-0.39, 0.29) is 5.52 Å². The van der Waals surface area contributed by atoms with Crippen molar-refractivity contribution in [3.05, 3.63) is 51.5 Å². The Bertz CT molecular complexity index is 786. The van der Waals surface area contributed by atoms with Gasteiger partial charge in [-0.15, -0.1) is 0 Å². The van der Waals surface area contributed by atoms with Gasteiger partial charge in [-0.2, -0.15) is 0 Å². The second-order valence-electron chi connectivity index (χ2n) is 3.97. The Balaban J connectivity index is 2.26. The largest absolute Gasteiger partial charge is 0.338 e. The number of nitrogens with zero attached hydrogens (tertiary/aromatic N) is 1. The average molecular weight is 344 g/mol. The third-order valence-electron chi connectivity index (χ3n) is 2.71. The van der Waals surface area contributed by atoms with Gasteiger partial charge < -0.3 is 4.98 Å². The fraction of sp³-hybridized carbons (Fsp3) is 0. The van der Waals surface area contributed by atoms with Crippen LogP contribution in [0.5, 0.6) is 0 Å². The molecule has 0 aliphatic heterocycles. The van der Waals surface area contributed by atoms with Crippen LogP contribution in [0.2, 0.25) is 5.02 Å². The van der Waals surface area contributed by atoms with Crippen LogP contribution in [0.15, 0.2) is 34.8 Å². The van der Waals surface area contributed by atoms with Crippen molar-refractivity contribution in [3.8, 4) is 11.4 Å². The first-order chi connectivity index (χ1) is 9.06. The molecular formula is C13H6BrClF2N2. The van der Waals surface area contributed by atoms with Crippen molar-refractivity contribution in [2.24, 2.45) is 0 Å². The van der Waals surface area contributed by atoms with E-state index in [0.717, 1.165) is 6.07 Å². The van der Waals surface area contributed by atoms with Crippen LogP contribution in [0.3, 0.4) is 0 Å². The Hall–Kier alpha value is -1.46. The Labute approximate surface area is 120 Å². The maximum absolute atomic E-state index is 13.6. The highest BCUT2D eigenvalue weighted by atomic mass is 79.9. The predicted octanol–water partition coefficient (Wildman–Crippen LogP) is 4.92. The standard InChI is InChI=1S/C13H6BrClF2N2/c14-8-3-1-2-7(11(8)15)13-18-10-5-6(16)4-9(17)12(10)19-13/h1-5H,(H,18,19). The molecule has 3 rings (SSSR count). The van der Waals surface area contributed by atoms with Crippen molar-refractivity contribution in [3.63, 3.8) is 0 Å². The van der Waals surface area contributed by atoms with E-state index in [4.69, 9.17) is 11.6 Å². The second kappa shape index (κ2) is 4.58. The molecule has 96 valence electrons. The lowest BCUT2D eigenvalue weighted by molar-refractivity contribution is 0.591. The van der Waals surface area contributed by atoms with Gasteiger partial charge in [-0.25, -0.2) is 13.8 Å². The lowest BCUT2D eigenvalue weighted by Gasteiger charge is -2.01. The zero-order chi connectivity index (χ0) is 13.6. The van der Waals surface area contributed by atoms with Crippen LogP contribution in [0.25, 0.3) is 22.4 Å². The summed E-state index contributed by atoms with van der Waals surface area (Å²) in [5.41, 5.74) is 1.00. The van der Waals surface area contributed by atoms with Crippen LogP contribution in [0, 0.1) is 11.6 Å². The van der Waals surface area contributed by atoms with E-state index in [2.05, 4.69) is 25.9 Å². The summed E-state index contributed by atoms with van der Waals surface area (Å²) < 4.78 is 27.4. The van der Waals surface area contributed by atoms with E-state index >= 15 is 0 Å². The predicted molar refractivity (Wildman–Crippen MR) is 74.2 cm³/mol. The number of aromatic nitrogens is 2. The first kappa shape index (κ1) is 12.6. The molecule has 19 heavy (non-hydrogen) atoms. The van der Waals surface area contributed by atoms with Crippen LogP contribution >= 0.6 is 27.5 Å². The van der Waals surface area contributed by atoms with E-state index in [1.165, 1.54) is 6.07 Å². The molecule has 0 spiro atoms. The van der Waals surface area contributed by atoms with Crippen LogP contribution in [-0.4, -0.2) is 9.97 Å². The van der Waals surface area contributed by atoms with Crippen LogP contribution in [0.1, 0.15) is 0 Å². The highest BCUT2D eigenvalue weighted by molar-refractivity contribution is 9.10. The first-order valence-corrected chi connectivity index (χ1v) is 6.52. The molecule has 2 aromatic carbocycles. The number of hydrogen-bond acceptors (Lipinski definition) is 1. The number of hydrogen-bond donors (Lipinski definition) is 1. The lowest BCUT2D eigenvalue weighted by Crippen LogP contribution is -1.83. The molecule has 1 heterocycles. The molecule has 6 heteroatoms. The van der Waals surface area contributed by atoms with Gasteiger partial charge in [0.15, 0.2) is 5.82 Å². The normalized spacial score (nSPS) is 11.2. The van der Waals surface area contributed by atoms with Gasteiger partial charge in [-0.05, 0) is 34.1 Å². The molecular weight excluding hydrogens is 338 g/mol. The maximum Gasteiger partial charge on any atom is 0.153 e. The SMILES string of the molecule is Fc1cc(F)c2nc(-c3cccc(Br)c3Cl)[nH]c2c1. The van der Waals surface area contributed by atoms with Gasteiger partial charge >= 0.3 is 0 Å². The number of benzene rings is 2. The highest BCUT2D eigenvalue weighted by Crippen LogP contribution is 2.33. The molecule has 1 N–H and O–H groups in total. The molecule has 0 aliphatic carbocycles. The van der Waals surface area contributed by atoms with Gasteiger partial charge in [-0.1, -0.05) is 17.7 Å². The van der Waals surface area contributed by atoms with Crippen molar-refractivity contribution in [1.82, 2.24) is 9.97 Å². The maximum atomic E-state index is 13.6. The Morgan fingerprint density at radius 3 is 2.79 bits per heavy atom. The number of rotatable bonds is 1. The summed E-state index contributed by atoms with van der Waals surface area (Å²) in [5.74, 6) is -0.963. The molecule has 2 nitrogen and oxygen atoms in total. The van der Waals surface area contributed by atoms with Crippen molar-refractivity contribution in [1.29, 1.82) is 0 Å². The summed E-state index contributed by atoms with van der Waals surface area (Å²) in [6.07, 6.45) is 0. The zero-order valence-corrected chi connectivity index (χ0v) is 11.7. The number of fused-ring (bicyclic) bond motifs is 1. The molecule has 0 fully saturated rings. The van der Waals surface area contributed by atoms with Crippen LogP contribution < -0.4 is 0 Å². The number of nitrogens with one attached hydrogen (secondary N) is 1. The molecule has 0 saturated heterocycles. The molecule has 3 aromatic rings. The fourth-order valence-corrected chi connectivity index (χ4v) is 2.44. The highest BCUT2D eigenvalue weighted by Gasteiger charge is 2.14. The smallest absolute Gasteiger partial charge is 0.153 e. The molecule has 0 amide bonds. The molecule has 0 unspecified atom stereocenters. The summed E-state index contributed by atoms with van der Waals surface area (Å²) in [4.78, 5) is 6.99. The summed E-state index contributed by atoms with van der Waals surface area (Å²) in [6.45, 7) is 0. The average Bonchev–Trinajstić information content (AvgIpc) is 2.76. The Kier molecular flexibility index (Phi) is 3.03. The minimum Gasteiger partial charge on any atom is -0.338 e. The second-order valence-corrected chi connectivity index (χ2v) is 5.20. The van der Waals surface area contributed by atoms with Crippen molar-refractivity contribution < 1.29 is 8.78 Å². The Morgan fingerprint density at radius 2 is 2.00 bits per heavy atom. The lowest BCUT2D eigenvalue weighted by atomic mass is 10.2. The third-order valence-corrected chi connectivity index (χ3v) is 4.01. The molecule has 1 aromatic heterocycles. The monoisotopic (exact) mass is 342 g/mol.